The smallest absolute Gasteiger partial charge is 0.308 e. The molecule has 0 radical (unpaired) electrons. The molecule has 1 saturated heterocycles. The largest absolute Gasteiger partial charge is 0.325 e. The number of benzene rings is 1. The summed E-state index contributed by atoms with van der Waals surface area (Å²) in [6, 6.07) is 5.21. The lowest BCUT2D eigenvalue weighted by atomic mass is 10.1. The second kappa shape index (κ2) is 7.94. The van der Waals surface area contributed by atoms with Crippen LogP contribution >= 0.6 is 0 Å². The van der Waals surface area contributed by atoms with Gasteiger partial charge in [-0.2, -0.15) is 0 Å². The molecule has 22 heavy (non-hydrogen) atoms. The number of carbonyl (C=O) groups excluding carboxylic acids is 2. The van der Waals surface area contributed by atoms with Gasteiger partial charge in [0.05, 0.1) is 6.54 Å². The second-order valence-electron chi connectivity index (χ2n) is 5.99. The average molecular weight is 303 g/mol. The maximum Gasteiger partial charge on any atom is 0.325 e. The van der Waals surface area contributed by atoms with Crippen molar-refractivity contribution in [2.24, 2.45) is 0 Å². The van der Waals surface area contributed by atoms with Gasteiger partial charge in [-0.15, -0.1) is 0 Å². The Morgan fingerprint density at radius 1 is 1.05 bits per heavy atom. The van der Waals surface area contributed by atoms with Crippen LogP contribution in [0.4, 0.5) is 10.5 Å². The number of nitrogens with zero attached hydrogens (tertiary/aromatic N) is 1. The molecule has 0 saturated carbocycles. The lowest BCUT2D eigenvalue weighted by Gasteiger charge is -2.18. The molecular weight excluding hydrogens is 278 g/mol. The number of carbonyl (C=O) groups is 2. The van der Waals surface area contributed by atoms with E-state index in [0.29, 0.717) is 12.2 Å². The van der Waals surface area contributed by atoms with Crippen LogP contribution in [0.25, 0.3) is 0 Å². The fourth-order valence-corrected chi connectivity index (χ4v) is 2.65. The third kappa shape index (κ3) is 5.15. The van der Waals surface area contributed by atoms with Crippen LogP contribution < -0.4 is 10.6 Å². The number of hydrogen-bond donors (Lipinski definition) is 2. The van der Waals surface area contributed by atoms with E-state index in [4.69, 9.17) is 0 Å². The topological polar surface area (TPSA) is 61.4 Å². The zero-order valence-electron chi connectivity index (χ0n) is 13.4. The Balaban J connectivity index is 1.80. The van der Waals surface area contributed by atoms with Gasteiger partial charge in [-0.1, -0.05) is 18.9 Å². The maximum atomic E-state index is 11.9. The van der Waals surface area contributed by atoms with Crippen molar-refractivity contribution < 1.29 is 9.59 Å². The van der Waals surface area contributed by atoms with Gasteiger partial charge in [0, 0.05) is 5.69 Å². The summed E-state index contributed by atoms with van der Waals surface area (Å²) in [5.74, 6) is -0.247. The standard InChI is InChI=1S/C17H25N3O2/c1-13-7-8-15(11-14(13)2)18-17(22)19-16(21)12-20-9-5-3-4-6-10-20/h7-8,11H,3-6,9-10,12H2,1-2H3,(H2,18,19,21,22). The van der Waals surface area contributed by atoms with Crippen LogP contribution in [0.3, 0.4) is 0 Å². The summed E-state index contributed by atoms with van der Waals surface area (Å²) in [4.78, 5) is 25.9. The van der Waals surface area contributed by atoms with Crippen LogP contribution in [-0.2, 0) is 4.79 Å². The predicted octanol–water partition coefficient (Wildman–Crippen LogP) is 2.83. The minimum atomic E-state index is -0.469. The molecule has 0 bridgehead atoms. The van der Waals surface area contributed by atoms with E-state index in [1.807, 2.05) is 32.0 Å². The molecule has 2 rings (SSSR count). The first-order valence-electron chi connectivity index (χ1n) is 7.95. The Morgan fingerprint density at radius 2 is 1.73 bits per heavy atom. The summed E-state index contributed by atoms with van der Waals surface area (Å²) in [6.07, 6.45) is 4.71. The van der Waals surface area contributed by atoms with Crippen molar-refractivity contribution >= 4 is 17.6 Å². The Labute approximate surface area is 132 Å². The third-order valence-corrected chi connectivity index (χ3v) is 4.08. The highest BCUT2D eigenvalue weighted by Gasteiger charge is 2.15. The number of imide groups is 1. The highest BCUT2D eigenvalue weighted by Crippen LogP contribution is 2.14. The molecule has 1 fully saturated rings. The minimum absolute atomic E-state index is 0.247. The highest BCUT2D eigenvalue weighted by atomic mass is 16.2. The van der Waals surface area contributed by atoms with Gasteiger partial charge in [-0.25, -0.2) is 4.79 Å². The van der Waals surface area contributed by atoms with Gasteiger partial charge in [0.25, 0.3) is 0 Å². The average Bonchev–Trinajstić information content (AvgIpc) is 2.71. The molecule has 1 aromatic carbocycles. The monoisotopic (exact) mass is 303 g/mol. The van der Waals surface area contributed by atoms with Crippen LogP contribution in [0.2, 0.25) is 0 Å². The van der Waals surface area contributed by atoms with Gasteiger partial charge in [0.1, 0.15) is 0 Å². The Morgan fingerprint density at radius 3 is 2.36 bits per heavy atom. The summed E-state index contributed by atoms with van der Waals surface area (Å²) < 4.78 is 0. The van der Waals surface area contributed by atoms with E-state index in [-0.39, 0.29) is 5.91 Å². The van der Waals surface area contributed by atoms with E-state index in [1.165, 1.54) is 18.4 Å². The normalized spacial score (nSPS) is 15.9. The molecule has 1 heterocycles. The van der Waals surface area contributed by atoms with Crippen LogP contribution in [0, 0.1) is 13.8 Å². The van der Waals surface area contributed by atoms with Gasteiger partial charge >= 0.3 is 6.03 Å². The molecule has 0 aliphatic carbocycles. The quantitative estimate of drug-likeness (QED) is 0.902. The summed E-state index contributed by atoms with van der Waals surface area (Å²) in [5.41, 5.74) is 2.97. The number of anilines is 1. The van der Waals surface area contributed by atoms with Crippen molar-refractivity contribution in [1.29, 1.82) is 0 Å². The van der Waals surface area contributed by atoms with Crippen molar-refractivity contribution in [3.63, 3.8) is 0 Å². The Hall–Kier alpha value is -1.88. The fourth-order valence-electron chi connectivity index (χ4n) is 2.65. The van der Waals surface area contributed by atoms with Gasteiger partial charge < -0.3 is 5.32 Å². The van der Waals surface area contributed by atoms with E-state index in [9.17, 15) is 9.59 Å². The summed E-state index contributed by atoms with van der Waals surface area (Å²) >= 11 is 0. The van der Waals surface area contributed by atoms with E-state index in [2.05, 4.69) is 15.5 Å². The van der Waals surface area contributed by atoms with E-state index >= 15 is 0 Å². The molecule has 3 amide bonds. The van der Waals surface area contributed by atoms with Crippen LogP contribution in [0.15, 0.2) is 18.2 Å². The number of nitrogens with one attached hydrogen (secondary N) is 2. The minimum Gasteiger partial charge on any atom is -0.308 e. The van der Waals surface area contributed by atoms with E-state index in [0.717, 1.165) is 31.5 Å². The number of hydrogen-bond acceptors (Lipinski definition) is 3. The summed E-state index contributed by atoms with van der Waals surface area (Å²) in [6.45, 7) is 6.17. The molecule has 5 heteroatoms. The van der Waals surface area contributed by atoms with Gasteiger partial charge in [0.15, 0.2) is 0 Å². The van der Waals surface area contributed by atoms with E-state index < -0.39 is 6.03 Å². The summed E-state index contributed by atoms with van der Waals surface area (Å²) in [5, 5.41) is 5.10. The number of rotatable bonds is 3. The van der Waals surface area contributed by atoms with E-state index in [1.54, 1.807) is 0 Å². The number of aryl methyl sites for hydroxylation is 2. The molecule has 0 spiro atoms. The number of likely N-dealkylation sites (tertiary alicyclic amines) is 1. The van der Waals surface area contributed by atoms with Crippen molar-refractivity contribution in [1.82, 2.24) is 10.2 Å². The lowest BCUT2D eigenvalue weighted by Crippen LogP contribution is -2.42. The molecular formula is C17H25N3O2. The molecule has 0 unspecified atom stereocenters. The fraction of sp³-hybridized carbons (Fsp3) is 0.529. The highest BCUT2D eigenvalue weighted by molar-refractivity contribution is 6.01. The summed E-state index contributed by atoms with van der Waals surface area (Å²) in [7, 11) is 0. The molecule has 1 aromatic rings. The van der Waals surface area contributed by atoms with Crippen molar-refractivity contribution in [3.05, 3.63) is 29.3 Å². The molecule has 120 valence electrons. The predicted molar refractivity (Wildman–Crippen MR) is 88.0 cm³/mol. The first-order valence-corrected chi connectivity index (χ1v) is 7.95. The van der Waals surface area contributed by atoms with Crippen LogP contribution in [0.5, 0.6) is 0 Å². The zero-order chi connectivity index (χ0) is 15.9. The molecule has 1 aliphatic heterocycles. The van der Waals surface area contributed by atoms with Gasteiger partial charge in [-0.05, 0) is 63.0 Å². The molecule has 0 aromatic heterocycles. The lowest BCUT2D eigenvalue weighted by molar-refractivity contribution is -0.121. The zero-order valence-corrected chi connectivity index (χ0v) is 13.4. The maximum absolute atomic E-state index is 11.9. The second-order valence-corrected chi connectivity index (χ2v) is 5.99. The Kier molecular flexibility index (Phi) is 5.95. The molecule has 5 nitrogen and oxygen atoms in total. The van der Waals surface area contributed by atoms with Crippen molar-refractivity contribution in [2.45, 2.75) is 39.5 Å². The molecule has 2 N–H and O–H groups in total. The number of amides is 3. The molecule has 0 atom stereocenters. The third-order valence-electron chi connectivity index (χ3n) is 4.08. The molecule has 1 aliphatic rings. The SMILES string of the molecule is Cc1ccc(NC(=O)NC(=O)CN2CCCCCC2)cc1C. The van der Waals surface area contributed by atoms with Crippen molar-refractivity contribution in [3.8, 4) is 0 Å². The first-order chi connectivity index (χ1) is 10.5. The number of urea groups is 1. The van der Waals surface area contributed by atoms with Gasteiger partial charge in [-0.3, -0.25) is 15.0 Å². The first kappa shape index (κ1) is 16.5. The van der Waals surface area contributed by atoms with Crippen LogP contribution in [0.1, 0.15) is 36.8 Å². The van der Waals surface area contributed by atoms with Gasteiger partial charge in [0.2, 0.25) is 5.91 Å². The Bertz CT molecular complexity index is 535. The van der Waals surface area contributed by atoms with Crippen molar-refractivity contribution in [2.75, 3.05) is 25.0 Å². The van der Waals surface area contributed by atoms with Crippen LogP contribution in [-0.4, -0.2) is 36.5 Å².